The summed E-state index contributed by atoms with van der Waals surface area (Å²) in [6.07, 6.45) is 2.03. The van der Waals surface area contributed by atoms with Gasteiger partial charge in [-0.15, -0.1) is 0 Å². The van der Waals surface area contributed by atoms with Crippen LogP contribution in [0.3, 0.4) is 0 Å². The molecule has 1 aliphatic heterocycles. The van der Waals surface area contributed by atoms with E-state index in [0.717, 1.165) is 51.1 Å². The molecular weight excluding hydrogens is 304 g/mol. The van der Waals surface area contributed by atoms with Crippen molar-refractivity contribution in [1.82, 2.24) is 9.80 Å². The summed E-state index contributed by atoms with van der Waals surface area (Å²) in [5, 5.41) is 9.81. The van der Waals surface area contributed by atoms with Crippen molar-refractivity contribution in [1.29, 1.82) is 0 Å². The van der Waals surface area contributed by atoms with E-state index >= 15 is 0 Å². The quantitative estimate of drug-likeness (QED) is 0.833. The second kappa shape index (κ2) is 8.92. The number of nitrogens with zero attached hydrogens (tertiary/aromatic N) is 2. The number of ether oxygens (including phenoxy) is 1. The Balaban J connectivity index is 2.00. The highest BCUT2D eigenvalue weighted by molar-refractivity contribution is 5.79. The fourth-order valence-corrected chi connectivity index (χ4v) is 3.38. The largest absolute Gasteiger partial charge is 0.504 e. The topological polar surface area (TPSA) is 53.0 Å². The Morgan fingerprint density at radius 1 is 1.33 bits per heavy atom. The standard InChI is InChI=1S/C19H30N2O3/c1-4-21(5-2)19(23)16-8-7-11-20(14-16)13-15-9-10-17(22)18(12-15)24-6-3/h9-10,12,16,22H,4-8,11,13-14H2,1-3H3/t16-/m1/s1. The first-order chi connectivity index (χ1) is 11.6. The number of piperidine rings is 1. The number of phenols is 1. The number of aromatic hydroxyl groups is 1. The molecule has 5 nitrogen and oxygen atoms in total. The van der Waals surface area contributed by atoms with Crippen LogP contribution in [0.15, 0.2) is 18.2 Å². The van der Waals surface area contributed by atoms with E-state index in [2.05, 4.69) is 4.90 Å². The monoisotopic (exact) mass is 334 g/mol. The van der Waals surface area contributed by atoms with E-state index in [9.17, 15) is 9.90 Å². The van der Waals surface area contributed by atoms with Crippen LogP contribution >= 0.6 is 0 Å². The summed E-state index contributed by atoms with van der Waals surface area (Å²) in [4.78, 5) is 16.9. The maximum Gasteiger partial charge on any atom is 0.226 e. The van der Waals surface area contributed by atoms with Gasteiger partial charge in [-0.3, -0.25) is 9.69 Å². The van der Waals surface area contributed by atoms with Crippen molar-refractivity contribution in [2.75, 3.05) is 32.8 Å². The molecule has 0 bridgehead atoms. The molecule has 5 heteroatoms. The average Bonchev–Trinajstić information content (AvgIpc) is 2.59. The van der Waals surface area contributed by atoms with Crippen molar-refractivity contribution in [3.63, 3.8) is 0 Å². The molecule has 1 aliphatic rings. The summed E-state index contributed by atoms with van der Waals surface area (Å²) in [5.74, 6) is 1.09. The number of amides is 1. The summed E-state index contributed by atoms with van der Waals surface area (Å²) < 4.78 is 5.46. The molecule has 0 radical (unpaired) electrons. The third kappa shape index (κ3) is 4.63. The minimum Gasteiger partial charge on any atom is -0.504 e. The summed E-state index contributed by atoms with van der Waals surface area (Å²) in [7, 11) is 0. The molecule has 0 saturated carbocycles. The molecule has 1 saturated heterocycles. The molecule has 0 spiro atoms. The third-order valence-electron chi connectivity index (χ3n) is 4.66. The Morgan fingerprint density at radius 2 is 2.08 bits per heavy atom. The third-order valence-corrected chi connectivity index (χ3v) is 4.66. The van der Waals surface area contributed by atoms with Gasteiger partial charge < -0.3 is 14.7 Å². The van der Waals surface area contributed by atoms with Gasteiger partial charge in [-0.2, -0.15) is 0 Å². The zero-order valence-electron chi connectivity index (χ0n) is 15.1. The summed E-state index contributed by atoms with van der Waals surface area (Å²) >= 11 is 0. The van der Waals surface area contributed by atoms with Gasteiger partial charge in [-0.1, -0.05) is 6.07 Å². The summed E-state index contributed by atoms with van der Waals surface area (Å²) in [6, 6.07) is 5.51. The fraction of sp³-hybridized carbons (Fsp3) is 0.632. The van der Waals surface area contributed by atoms with Gasteiger partial charge in [0.1, 0.15) is 0 Å². The van der Waals surface area contributed by atoms with E-state index in [1.54, 1.807) is 6.07 Å². The van der Waals surface area contributed by atoms with Crippen LogP contribution in [0.2, 0.25) is 0 Å². The lowest BCUT2D eigenvalue weighted by atomic mass is 9.96. The first kappa shape index (κ1) is 18.6. The van der Waals surface area contributed by atoms with Crippen molar-refractivity contribution in [2.45, 2.75) is 40.2 Å². The molecule has 1 atom stereocenters. The van der Waals surface area contributed by atoms with E-state index < -0.39 is 0 Å². The minimum absolute atomic E-state index is 0.0992. The van der Waals surface area contributed by atoms with E-state index in [1.807, 2.05) is 37.8 Å². The van der Waals surface area contributed by atoms with E-state index in [1.165, 1.54) is 0 Å². The normalized spacial score (nSPS) is 18.4. The fourth-order valence-electron chi connectivity index (χ4n) is 3.38. The van der Waals surface area contributed by atoms with Gasteiger partial charge in [-0.25, -0.2) is 0 Å². The predicted molar refractivity (Wildman–Crippen MR) is 95.2 cm³/mol. The van der Waals surface area contributed by atoms with Gasteiger partial charge in [-0.05, 0) is 57.9 Å². The number of rotatable bonds is 7. The Hall–Kier alpha value is -1.75. The first-order valence-electron chi connectivity index (χ1n) is 9.04. The lowest BCUT2D eigenvalue weighted by Crippen LogP contribution is -2.44. The van der Waals surface area contributed by atoms with Crippen LogP contribution in [0.25, 0.3) is 0 Å². The van der Waals surface area contributed by atoms with Crippen LogP contribution in [0.4, 0.5) is 0 Å². The van der Waals surface area contributed by atoms with E-state index in [0.29, 0.717) is 12.4 Å². The van der Waals surface area contributed by atoms with Crippen molar-refractivity contribution in [3.05, 3.63) is 23.8 Å². The van der Waals surface area contributed by atoms with Crippen LogP contribution in [0.1, 0.15) is 39.2 Å². The molecule has 0 aromatic heterocycles. The van der Waals surface area contributed by atoms with Crippen molar-refractivity contribution in [3.8, 4) is 11.5 Å². The van der Waals surface area contributed by atoms with Gasteiger partial charge in [0.25, 0.3) is 0 Å². The van der Waals surface area contributed by atoms with Crippen molar-refractivity contribution in [2.24, 2.45) is 5.92 Å². The molecule has 0 aliphatic carbocycles. The first-order valence-corrected chi connectivity index (χ1v) is 9.04. The van der Waals surface area contributed by atoms with Crippen molar-refractivity contribution >= 4 is 5.91 Å². The van der Waals surface area contributed by atoms with Gasteiger partial charge in [0, 0.05) is 26.2 Å². The average molecular weight is 334 g/mol. The van der Waals surface area contributed by atoms with Gasteiger partial charge in [0.2, 0.25) is 5.91 Å². The van der Waals surface area contributed by atoms with Crippen LogP contribution in [-0.4, -0.2) is 53.6 Å². The van der Waals surface area contributed by atoms with Crippen LogP contribution in [-0.2, 0) is 11.3 Å². The van der Waals surface area contributed by atoms with Gasteiger partial charge in [0.05, 0.1) is 12.5 Å². The number of phenolic OH excluding ortho intramolecular Hbond substituents is 1. The second-order valence-electron chi connectivity index (χ2n) is 6.32. The van der Waals surface area contributed by atoms with Crippen LogP contribution in [0, 0.1) is 5.92 Å². The smallest absolute Gasteiger partial charge is 0.226 e. The number of likely N-dealkylation sites (tertiary alicyclic amines) is 1. The maximum absolute atomic E-state index is 12.6. The SMILES string of the molecule is CCOc1cc(CN2CCC[C@@H](C(=O)N(CC)CC)C2)ccc1O. The van der Waals surface area contributed by atoms with Crippen molar-refractivity contribution < 1.29 is 14.6 Å². The van der Waals surface area contributed by atoms with Crippen LogP contribution in [0.5, 0.6) is 11.5 Å². The number of benzene rings is 1. The highest BCUT2D eigenvalue weighted by atomic mass is 16.5. The Labute approximate surface area is 145 Å². The molecule has 1 amide bonds. The lowest BCUT2D eigenvalue weighted by molar-refractivity contribution is -0.137. The second-order valence-corrected chi connectivity index (χ2v) is 6.32. The van der Waals surface area contributed by atoms with Gasteiger partial charge >= 0.3 is 0 Å². The van der Waals surface area contributed by atoms with Gasteiger partial charge in [0.15, 0.2) is 11.5 Å². The Bertz CT molecular complexity index is 543. The molecule has 1 aromatic rings. The summed E-state index contributed by atoms with van der Waals surface area (Å²) in [5.41, 5.74) is 1.10. The molecule has 1 heterocycles. The maximum atomic E-state index is 12.6. The predicted octanol–water partition coefficient (Wildman–Crippen LogP) is 2.87. The molecule has 1 aromatic carbocycles. The van der Waals surface area contributed by atoms with E-state index in [-0.39, 0.29) is 17.6 Å². The molecule has 2 rings (SSSR count). The summed E-state index contributed by atoms with van der Waals surface area (Å²) in [6.45, 7) is 10.7. The Morgan fingerprint density at radius 3 is 2.75 bits per heavy atom. The Kier molecular flexibility index (Phi) is 6.91. The molecule has 1 fully saturated rings. The zero-order chi connectivity index (χ0) is 17.5. The van der Waals surface area contributed by atoms with E-state index in [4.69, 9.17) is 4.74 Å². The molecule has 134 valence electrons. The molecule has 1 N–H and O–H groups in total. The van der Waals surface area contributed by atoms with Crippen LogP contribution < -0.4 is 4.74 Å². The molecule has 24 heavy (non-hydrogen) atoms. The number of hydrogen-bond acceptors (Lipinski definition) is 4. The number of carbonyl (C=O) groups is 1. The highest BCUT2D eigenvalue weighted by Gasteiger charge is 2.28. The number of hydrogen-bond donors (Lipinski definition) is 1. The molecular formula is C19H30N2O3. The number of carbonyl (C=O) groups excluding carboxylic acids is 1. The minimum atomic E-state index is 0.0992. The molecule has 0 unspecified atom stereocenters. The zero-order valence-corrected chi connectivity index (χ0v) is 15.1. The highest BCUT2D eigenvalue weighted by Crippen LogP contribution is 2.28. The lowest BCUT2D eigenvalue weighted by Gasteiger charge is -2.34.